The summed E-state index contributed by atoms with van der Waals surface area (Å²) in [4.78, 5) is 2.26. The summed E-state index contributed by atoms with van der Waals surface area (Å²) in [5.74, 6) is 0.371. The van der Waals surface area contributed by atoms with Gasteiger partial charge in [-0.05, 0) is 37.7 Å². The summed E-state index contributed by atoms with van der Waals surface area (Å²) in [7, 11) is 0. The van der Waals surface area contributed by atoms with Gasteiger partial charge in [0, 0.05) is 12.6 Å². The first-order chi connectivity index (χ1) is 7.24. The van der Waals surface area contributed by atoms with Crippen molar-refractivity contribution in [2.75, 3.05) is 17.2 Å². The molecule has 5 heteroatoms. The molecule has 1 atom stereocenters. The second-order valence-corrected chi connectivity index (χ2v) is 4.65. The summed E-state index contributed by atoms with van der Waals surface area (Å²) in [6, 6.07) is 2.63. The van der Waals surface area contributed by atoms with E-state index in [-0.39, 0.29) is 0 Å². The number of nitrogen functional groups attached to an aromatic ring is 1. The molecule has 0 aliphatic carbocycles. The van der Waals surface area contributed by atoms with Gasteiger partial charge in [-0.15, -0.1) is 0 Å². The van der Waals surface area contributed by atoms with E-state index in [2.05, 4.69) is 22.3 Å². The van der Waals surface area contributed by atoms with E-state index in [4.69, 9.17) is 11.0 Å². The molecule has 1 fully saturated rings. The van der Waals surface area contributed by atoms with Gasteiger partial charge in [-0.3, -0.25) is 0 Å². The van der Waals surface area contributed by atoms with Crippen molar-refractivity contribution in [2.45, 2.75) is 32.2 Å². The highest BCUT2D eigenvalue weighted by Gasteiger charge is 2.24. The van der Waals surface area contributed by atoms with Gasteiger partial charge < -0.3 is 10.6 Å². The number of nitrogens with two attached hydrogens (primary N) is 1. The fourth-order valence-corrected chi connectivity index (χ4v) is 2.89. The minimum absolute atomic E-state index is 0.371. The van der Waals surface area contributed by atoms with Crippen molar-refractivity contribution in [3.63, 3.8) is 0 Å². The summed E-state index contributed by atoms with van der Waals surface area (Å²) in [5, 5.41) is 9.96. The Morgan fingerprint density at radius 1 is 1.60 bits per heavy atom. The molecule has 80 valence electrons. The third-order valence-corrected chi connectivity index (χ3v) is 3.78. The molecule has 2 rings (SSSR count). The van der Waals surface area contributed by atoms with Crippen LogP contribution in [0, 0.1) is 11.3 Å². The Bertz CT molecular complexity index is 393. The van der Waals surface area contributed by atoms with Crippen LogP contribution in [0.4, 0.5) is 10.8 Å². The molecule has 1 aliphatic heterocycles. The van der Waals surface area contributed by atoms with Crippen LogP contribution < -0.4 is 10.6 Å². The van der Waals surface area contributed by atoms with Gasteiger partial charge >= 0.3 is 0 Å². The highest BCUT2D eigenvalue weighted by atomic mass is 32.1. The fourth-order valence-electron chi connectivity index (χ4n) is 1.99. The summed E-state index contributed by atoms with van der Waals surface area (Å²) in [6.07, 6.45) is 3.64. The zero-order valence-electron chi connectivity index (χ0n) is 8.73. The lowest BCUT2D eigenvalue weighted by atomic mass is 10.0. The maximum Gasteiger partial charge on any atom is 0.157 e. The zero-order chi connectivity index (χ0) is 10.8. The molecule has 2 heterocycles. The van der Waals surface area contributed by atoms with Crippen molar-refractivity contribution in [3.8, 4) is 6.07 Å². The monoisotopic (exact) mass is 222 g/mol. The van der Waals surface area contributed by atoms with Gasteiger partial charge in [0.25, 0.3) is 0 Å². The standard InChI is InChI=1S/C10H14N4S/c1-7-4-2-3-5-14(7)10-8(6-11)9(12)13-15-10/h7H,2-5H2,1H3,(H2,12,13). The van der Waals surface area contributed by atoms with Gasteiger partial charge in [0.1, 0.15) is 16.6 Å². The Morgan fingerprint density at radius 3 is 3.07 bits per heavy atom. The number of hydrogen-bond donors (Lipinski definition) is 1. The van der Waals surface area contributed by atoms with Crippen LogP contribution in [0.15, 0.2) is 0 Å². The summed E-state index contributed by atoms with van der Waals surface area (Å²) in [5.41, 5.74) is 6.20. The van der Waals surface area contributed by atoms with E-state index in [1.165, 1.54) is 30.8 Å². The molecule has 0 aromatic carbocycles. The van der Waals surface area contributed by atoms with Gasteiger partial charge in [0.05, 0.1) is 0 Å². The second kappa shape index (κ2) is 4.07. The van der Waals surface area contributed by atoms with Crippen LogP contribution >= 0.6 is 11.5 Å². The lowest BCUT2D eigenvalue weighted by molar-refractivity contribution is 0.487. The SMILES string of the molecule is CC1CCCCN1c1snc(N)c1C#N. The fraction of sp³-hybridized carbons (Fsp3) is 0.600. The number of rotatable bonds is 1. The predicted octanol–water partition coefficient (Wildman–Crippen LogP) is 1.98. The summed E-state index contributed by atoms with van der Waals surface area (Å²) < 4.78 is 4.05. The maximum absolute atomic E-state index is 9.02. The van der Waals surface area contributed by atoms with E-state index in [9.17, 15) is 0 Å². The average Bonchev–Trinajstić information content (AvgIpc) is 2.60. The lowest BCUT2D eigenvalue weighted by Crippen LogP contribution is -2.37. The van der Waals surface area contributed by atoms with E-state index < -0.39 is 0 Å². The molecule has 1 aromatic heterocycles. The van der Waals surface area contributed by atoms with Crippen LogP contribution in [0.25, 0.3) is 0 Å². The third-order valence-electron chi connectivity index (χ3n) is 2.88. The average molecular weight is 222 g/mol. The summed E-state index contributed by atoms with van der Waals surface area (Å²) in [6.45, 7) is 3.20. The van der Waals surface area contributed by atoms with E-state index in [0.717, 1.165) is 11.5 Å². The van der Waals surface area contributed by atoms with Crippen LogP contribution in [0.1, 0.15) is 31.7 Å². The normalized spacial score (nSPS) is 21.3. The van der Waals surface area contributed by atoms with E-state index >= 15 is 0 Å². The van der Waals surface area contributed by atoms with Gasteiger partial charge in [-0.25, -0.2) is 0 Å². The Labute approximate surface area is 93.5 Å². The predicted molar refractivity (Wildman–Crippen MR) is 61.9 cm³/mol. The zero-order valence-corrected chi connectivity index (χ0v) is 9.55. The number of nitrogens with zero attached hydrogens (tertiary/aromatic N) is 3. The van der Waals surface area contributed by atoms with Crippen molar-refractivity contribution in [3.05, 3.63) is 5.56 Å². The van der Waals surface area contributed by atoms with Crippen molar-refractivity contribution < 1.29 is 0 Å². The number of piperidine rings is 1. The molecule has 0 radical (unpaired) electrons. The molecule has 1 saturated heterocycles. The highest BCUT2D eigenvalue weighted by molar-refractivity contribution is 7.10. The molecule has 0 bridgehead atoms. The van der Waals surface area contributed by atoms with Crippen LogP contribution in [0.5, 0.6) is 0 Å². The van der Waals surface area contributed by atoms with Gasteiger partial charge in [-0.2, -0.15) is 9.64 Å². The maximum atomic E-state index is 9.02. The van der Waals surface area contributed by atoms with Crippen LogP contribution in [0.2, 0.25) is 0 Å². The van der Waals surface area contributed by atoms with E-state index in [1.54, 1.807) is 0 Å². The first-order valence-corrected chi connectivity index (χ1v) is 5.93. The number of hydrogen-bond acceptors (Lipinski definition) is 5. The highest BCUT2D eigenvalue weighted by Crippen LogP contribution is 2.33. The molecule has 0 spiro atoms. The molecule has 2 N–H and O–H groups in total. The molecular weight excluding hydrogens is 208 g/mol. The first kappa shape index (κ1) is 10.2. The first-order valence-electron chi connectivity index (χ1n) is 5.16. The molecule has 1 unspecified atom stereocenters. The Morgan fingerprint density at radius 2 is 2.40 bits per heavy atom. The van der Waals surface area contributed by atoms with E-state index in [1.807, 2.05) is 0 Å². The van der Waals surface area contributed by atoms with Crippen molar-refractivity contribution in [1.82, 2.24) is 4.37 Å². The van der Waals surface area contributed by atoms with Gasteiger partial charge in [-0.1, -0.05) is 0 Å². The van der Waals surface area contributed by atoms with E-state index in [0.29, 0.717) is 17.4 Å². The minimum Gasteiger partial charge on any atom is -0.382 e. The minimum atomic E-state index is 0.371. The molecule has 0 amide bonds. The van der Waals surface area contributed by atoms with Crippen LogP contribution in [-0.2, 0) is 0 Å². The van der Waals surface area contributed by atoms with Crippen LogP contribution in [-0.4, -0.2) is 17.0 Å². The molecule has 1 aliphatic rings. The number of anilines is 2. The number of nitriles is 1. The van der Waals surface area contributed by atoms with Crippen molar-refractivity contribution >= 4 is 22.4 Å². The third kappa shape index (κ3) is 1.77. The molecule has 4 nitrogen and oxygen atoms in total. The number of aromatic nitrogens is 1. The molecule has 15 heavy (non-hydrogen) atoms. The largest absolute Gasteiger partial charge is 0.382 e. The van der Waals surface area contributed by atoms with Crippen LogP contribution in [0.3, 0.4) is 0 Å². The van der Waals surface area contributed by atoms with Crippen molar-refractivity contribution in [2.24, 2.45) is 0 Å². The topological polar surface area (TPSA) is 65.9 Å². The Hall–Kier alpha value is -1.28. The summed E-state index contributed by atoms with van der Waals surface area (Å²) >= 11 is 1.34. The second-order valence-electron chi connectivity index (χ2n) is 3.90. The lowest BCUT2D eigenvalue weighted by Gasteiger charge is -2.33. The molecule has 0 saturated carbocycles. The van der Waals surface area contributed by atoms with Gasteiger partial charge in [0.2, 0.25) is 0 Å². The Balaban J connectivity index is 2.32. The quantitative estimate of drug-likeness (QED) is 0.789. The van der Waals surface area contributed by atoms with Crippen molar-refractivity contribution in [1.29, 1.82) is 5.26 Å². The smallest absolute Gasteiger partial charge is 0.157 e. The molecule has 1 aromatic rings. The van der Waals surface area contributed by atoms with Gasteiger partial charge in [0.15, 0.2) is 5.82 Å². The molecular formula is C10H14N4S. The Kier molecular flexibility index (Phi) is 2.78.